The maximum absolute atomic E-state index is 15.6. The number of esters is 1. The first-order valence-corrected chi connectivity index (χ1v) is 34.1. The highest BCUT2D eigenvalue weighted by Gasteiger charge is 2.71. The van der Waals surface area contributed by atoms with E-state index in [1.807, 2.05) is 6.92 Å². The minimum absolute atomic E-state index is 0.0273. The molecule has 6 saturated heterocycles. The van der Waals surface area contributed by atoms with Crippen LogP contribution in [-0.2, 0) is 61.6 Å². The predicted molar refractivity (Wildman–Crippen MR) is 321 cm³/mol. The molecule has 38 atom stereocenters. The highest BCUT2D eigenvalue weighted by atomic mass is 16.8. The van der Waals surface area contributed by atoms with Gasteiger partial charge < -0.3 is 149 Å². The lowest BCUT2D eigenvalue weighted by Crippen LogP contribution is -2.67. The summed E-state index contributed by atoms with van der Waals surface area (Å²) in [5.41, 5.74) is -2.57. The first-order valence-electron chi connectivity index (χ1n) is 34.1. The summed E-state index contributed by atoms with van der Waals surface area (Å²) in [5, 5.41) is 196. The highest BCUT2D eigenvalue weighted by Crippen LogP contribution is 2.76. The summed E-state index contributed by atoms with van der Waals surface area (Å²) < 4.78 is 72.6. The Labute approximate surface area is 556 Å². The van der Waals surface area contributed by atoms with Crippen molar-refractivity contribution in [2.75, 3.05) is 33.0 Å². The van der Waals surface area contributed by atoms with Crippen molar-refractivity contribution in [1.82, 2.24) is 0 Å². The van der Waals surface area contributed by atoms with Crippen molar-refractivity contribution in [3.05, 3.63) is 11.6 Å². The Hall–Kier alpha value is -1.95. The number of hydrogen-bond donors (Lipinski definition) is 18. The molecule has 96 heavy (non-hydrogen) atoms. The highest BCUT2D eigenvalue weighted by molar-refractivity contribution is 5.79. The zero-order valence-corrected chi connectivity index (χ0v) is 55.6. The monoisotopic (exact) mass is 1380 g/mol. The summed E-state index contributed by atoms with van der Waals surface area (Å²) in [6, 6.07) is 0. The Bertz CT molecular complexity index is 2690. The van der Waals surface area contributed by atoms with Gasteiger partial charge in [-0.25, -0.2) is 0 Å². The van der Waals surface area contributed by atoms with Gasteiger partial charge in [0.25, 0.3) is 0 Å². The molecule has 0 aromatic rings. The van der Waals surface area contributed by atoms with E-state index in [9.17, 15) is 91.9 Å². The molecule has 6 aliphatic heterocycles. The lowest BCUT2D eigenvalue weighted by molar-refractivity contribution is -0.381. The smallest absolute Gasteiger partial charge is 0.315 e. The minimum atomic E-state index is -2.01. The van der Waals surface area contributed by atoms with Crippen LogP contribution in [-0.4, -0.2) is 315 Å². The first-order chi connectivity index (χ1) is 45.1. The van der Waals surface area contributed by atoms with E-state index in [1.165, 1.54) is 13.8 Å². The minimum Gasteiger partial charge on any atom is -0.432 e. The molecular weight excluding hydrogens is 1280 g/mol. The Kier molecular flexibility index (Phi) is 22.1. The van der Waals surface area contributed by atoms with Crippen LogP contribution in [0.25, 0.3) is 0 Å². The summed E-state index contributed by atoms with van der Waals surface area (Å²) in [6.07, 6.45) is -40.9. The third-order valence-electron chi connectivity index (χ3n) is 25.3. The molecule has 0 aromatic heterocycles. The van der Waals surface area contributed by atoms with E-state index >= 15 is 4.79 Å². The van der Waals surface area contributed by atoms with E-state index in [2.05, 4.69) is 40.7 Å². The van der Waals surface area contributed by atoms with E-state index < -0.39 is 238 Å². The van der Waals surface area contributed by atoms with Gasteiger partial charge in [-0.3, -0.25) is 4.79 Å². The van der Waals surface area contributed by atoms with Crippen molar-refractivity contribution in [2.24, 2.45) is 50.2 Å². The average molecular weight is 1380 g/mol. The Morgan fingerprint density at radius 2 is 1.02 bits per heavy atom. The fourth-order valence-corrected chi connectivity index (χ4v) is 19.0. The lowest BCUT2D eigenvalue weighted by Gasteiger charge is -2.71. The van der Waals surface area contributed by atoms with Crippen LogP contribution in [0.5, 0.6) is 0 Å². The van der Waals surface area contributed by atoms with Gasteiger partial charge in [0.1, 0.15) is 128 Å². The Balaban J connectivity index is 0.830. The van der Waals surface area contributed by atoms with Crippen LogP contribution in [0.1, 0.15) is 120 Å². The second-order valence-corrected chi connectivity index (χ2v) is 31.3. The van der Waals surface area contributed by atoms with E-state index in [1.54, 1.807) is 0 Å². The van der Waals surface area contributed by atoms with Crippen molar-refractivity contribution >= 4 is 5.97 Å². The van der Waals surface area contributed by atoms with Crippen LogP contribution in [0.2, 0.25) is 0 Å². The topological polar surface area (TPSA) is 492 Å². The normalized spacial score (nSPS) is 55.1. The van der Waals surface area contributed by atoms with Crippen molar-refractivity contribution in [1.29, 1.82) is 0 Å². The Morgan fingerprint density at radius 3 is 1.60 bits per heavy atom. The fourth-order valence-electron chi connectivity index (χ4n) is 19.0. The van der Waals surface area contributed by atoms with Crippen LogP contribution in [0, 0.1) is 50.2 Å². The number of rotatable bonds is 16. The predicted octanol–water partition coefficient (Wildman–Crippen LogP) is -4.72. The summed E-state index contributed by atoms with van der Waals surface area (Å²) in [5.74, 6) is -1.20. The van der Waals surface area contributed by atoms with Gasteiger partial charge in [-0.1, -0.05) is 53.2 Å². The van der Waals surface area contributed by atoms with Gasteiger partial charge in [-0.2, -0.15) is 0 Å². The standard InChI is InChI=1S/C65H106O31/c1-25-36(69)41(74)47(80)54(87-25)94-51-32(23-85-53-46(79)43(76)38(71)29(20-66)89-53)92-57(50(83)45(51)78)96-59(84)65-17-15-60(3,4)19-28(65)27-9-10-34-61(5)13-12-35(62(6,24-68)33(61)11-14-64(34,8)63(27,7)16-18-65)93-58-52(95-55-48(81)42(75)37(70)26(2)88-55)40(73)31(22-86-58)91-56-49(82)44(77)39(72)30(21-67)90-56/h9,25-26,28-58,66-83H,10-24H2,1-8H3/t25-,26-,28-,29+,30+,31-,32+,33+,34+,35-,36-,37-,38+,39+,40-,41+,42+,43-,44-,45+,46+,47+,48+,49+,50+,51+,52+,53+,54-,55-,56-,57-,58-,61-,62-,63+,64+,65-/m1/s1. The maximum Gasteiger partial charge on any atom is 0.315 e. The zero-order valence-electron chi connectivity index (χ0n) is 55.6. The molecule has 0 amide bonds. The molecule has 0 unspecified atom stereocenters. The molecule has 5 aliphatic carbocycles. The van der Waals surface area contributed by atoms with E-state index in [0.29, 0.717) is 64.2 Å². The van der Waals surface area contributed by atoms with Crippen molar-refractivity contribution in [2.45, 2.75) is 304 Å². The van der Waals surface area contributed by atoms with Crippen molar-refractivity contribution in [3.63, 3.8) is 0 Å². The fraction of sp³-hybridized carbons (Fsp3) is 0.954. The van der Waals surface area contributed by atoms with Gasteiger partial charge in [0.05, 0.1) is 56.8 Å². The van der Waals surface area contributed by atoms with Crippen molar-refractivity contribution < 1.29 is 154 Å². The third kappa shape index (κ3) is 12.8. The van der Waals surface area contributed by atoms with Gasteiger partial charge in [0.2, 0.25) is 6.29 Å². The molecule has 31 heteroatoms. The molecule has 18 N–H and O–H groups in total. The van der Waals surface area contributed by atoms with Crippen LogP contribution in [0.3, 0.4) is 0 Å². The van der Waals surface area contributed by atoms with E-state index in [4.69, 9.17) is 56.8 Å². The summed E-state index contributed by atoms with van der Waals surface area (Å²) in [7, 11) is 0. The van der Waals surface area contributed by atoms with Crippen LogP contribution < -0.4 is 0 Å². The number of aliphatic hydroxyl groups is 18. The number of allylic oxidation sites excluding steroid dienone is 2. The summed E-state index contributed by atoms with van der Waals surface area (Å²) in [6.45, 7) is 13.1. The van der Waals surface area contributed by atoms with Gasteiger partial charge in [0, 0.05) is 5.41 Å². The molecule has 11 rings (SSSR count). The quantitative estimate of drug-likeness (QED) is 0.0392. The van der Waals surface area contributed by atoms with E-state index in [0.717, 1.165) is 5.57 Å². The average Bonchev–Trinajstić information content (AvgIpc) is 0.675. The number of carbonyl (C=O) groups excluding carboxylic acids is 1. The maximum atomic E-state index is 15.6. The van der Waals surface area contributed by atoms with Crippen LogP contribution >= 0.6 is 0 Å². The molecule has 0 bridgehead atoms. The molecule has 0 aromatic carbocycles. The largest absolute Gasteiger partial charge is 0.432 e. The molecule has 552 valence electrons. The second kappa shape index (κ2) is 28.3. The molecule has 0 spiro atoms. The number of hydrogen-bond acceptors (Lipinski definition) is 31. The van der Waals surface area contributed by atoms with Gasteiger partial charge in [-0.15, -0.1) is 0 Å². The third-order valence-corrected chi connectivity index (χ3v) is 25.3. The molecule has 4 saturated carbocycles. The molecule has 0 radical (unpaired) electrons. The van der Waals surface area contributed by atoms with Crippen LogP contribution in [0.4, 0.5) is 0 Å². The lowest BCUT2D eigenvalue weighted by atomic mass is 9.33. The molecule has 11 aliphatic rings. The zero-order chi connectivity index (χ0) is 70.0. The molecule has 10 fully saturated rings. The van der Waals surface area contributed by atoms with Gasteiger partial charge in [0.15, 0.2) is 31.5 Å². The van der Waals surface area contributed by atoms with Crippen molar-refractivity contribution in [3.8, 4) is 0 Å². The molecule has 31 nitrogen and oxygen atoms in total. The number of ether oxygens (including phenoxy) is 12. The number of carbonyl (C=O) groups is 1. The summed E-state index contributed by atoms with van der Waals surface area (Å²) in [4.78, 5) is 15.6. The molecular formula is C65H106O31. The SMILES string of the molecule is C[C@H]1O[C@H](O[C@@H]2[C@@H](O[C@@H]3CC[C@]4(C)[C@H](CC[C@@]5(C)[C@H]4CC=C4[C@H]6CC(C)(C)CC[C@@]6(C(=O)O[C@H]6O[C@@H](CO[C@H]7O[C@@H](CO)[C@H](O)[C@@H](O)[C@@H]7O)[C@H](O[C@H]7O[C@H](C)[C@@H](O)[C@H](O)[C@@H]7O)[C@@H](O)[C@@H]6O)CC[C@@]45C)[C@@]3(C)CO)OC[C@@H](O[C@H]3O[C@@H](CO)[C@H](O)[C@@H](O)[C@@H]3O)[C@H]2O)[C@@H](O)[C@@H](O)[C@@H]1O. The van der Waals surface area contributed by atoms with Gasteiger partial charge in [-0.05, 0) is 117 Å². The second-order valence-electron chi connectivity index (χ2n) is 31.3. The summed E-state index contributed by atoms with van der Waals surface area (Å²) >= 11 is 0. The number of aliphatic hydroxyl groups excluding tert-OH is 18. The van der Waals surface area contributed by atoms with Gasteiger partial charge >= 0.3 is 5.97 Å². The Morgan fingerprint density at radius 1 is 0.500 bits per heavy atom. The number of fused-ring (bicyclic) bond motifs is 7. The van der Waals surface area contributed by atoms with E-state index in [-0.39, 0.29) is 35.2 Å². The van der Waals surface area contributed by atoms with Crippen LogP contribution in [0.15, 0.2) is 11.6 Å². The molecule has 6 heterocycles. The first kappa shape index (κ1) is 75.2.